The largest absolute Gasteiger partial charge is 0.480 e. The first-order chi connectivity index (χ1) is 9.96. The van der Waals surface area contributed by atoms with Crippen LogP contribution in [0.5, 0.6) is 0 Å². The number of piperidine rings is 1. The molecule has 124 valence electrons. The van der Waals surface area contributed by atoms with Gasteiger partial charge >= 0.3 is 5.97 Å². The number of carboxylic acids is 1. The van der Waals surface area contributed by atoms with Crippen LogP contribution in [-0.4, -0.2) is 46.7 Å². The zero-order chi connectivity index (χ0) is 15.9. The highest BCUT2D eigenvalue weighted by molar-refractivity contribution is 5.78. The number of aliphatic carboxylic acids is 1. The smallest absolute Gasteiger partial charge is 0.323 e. The van der Waals surface area contributed by atoms with Crippen LogP contribution in [0, 0.1) is 0 Å². The Morgan fingerprint density at radius 1 is 1.29 bits per heavy atom. The molecule has 0 aromatic heterocycles. The Hall–Kier alpha value is -0.610. The third-order valence-corrected chi connectivity index (χ3v) is 5.12. The van der Waals surface area contributed by atoms with Gasteiger partial charge in [-0.05, 0) is 65.5 Å². The molecule has 1 fully saturated rings. The van der Waals surface area contributed by atoms with Crippen LogP contribution in [-0.2, 0) is 4.79 Å². The average molecular weight is 298 g/mol. The normalized spacial score (nSPS) is 26.5. The number of hydrogen-bond acceptors (Lipinski definition) is 3. The predicted molar refractivity (Wildman–Crippen MR) is 87.7 cm³/mol. The summed E-state index contributed by atoms with van der Waals surface area (Å²) in [5, 5.41) is 12.9. The van der Waals surface area contributed by atoms with Crippen molar-refractivity contribution in [1.82, 2.24) is 10.2 Å². The molecule has 0 radical (unpaired) electrons. The predicted octanol–water partition coefficient (Wildman–Crippen LogP) is 3.26. The molecule has 0 amide bonds. The molecular formula is C17H34N2O2. The van der Waals surface area contributed by atoms with E-state index in [1.165, 1.54) is 19.3 Å². The van der Waals surface area contributed by atoms with Crippen molar-refractivity contribution >= 4 is 5.97 Å². The van der Waals surface area contributed by atoms with E-state index in [-0.39, 0.29) is 0 Å². The highest BCUT2D eigenvalue weighted by Gasteiger charge is 2.35. The minimum Gasteiger partial charge on any atom is -0.480 e. The number of hydrogen-bond donors (Lipinski definition) is 2. The molecule has 2 N–H and O–H groups in total. The van der Waals surface area contributed by atoms with Gasteiger partial charge in [0.15, 0.2) is 0 Å². The van der Waals surface area contributed by atoms with Gasteiger partial charge in [0.25, 0.3) is 0 Å². The molecule has 0 bridgehead atoms. The van der Waals surface area contributed by atoms with Gasteiger partial charge in [-0.1, -0.05) is 20.3 Å². The maximum absolute atomic E-state index is 11.7. The molecule has 1 saturated heterocycles. The summed E-state index contributed by atoms with van der Waals surface area (Å²) in [6.07, 6.45) is 7.15. The third kappa shape index (κ3) is 4.96. The van der Waals surface area contributed by atoms with E-state index >= 15 is 0 Å². The molecule has 1 aliphatic heterocycles. The van der Waals surface area contributed by atoms with Crippen molar-refractivity contribution in [3.63, 3.8) is 0 Å². The van der Waals surface area contributed by atoms with Gasteiger partial charge in [0, 0.05) is 12.1 Å². The Morgan fingerprint density at radius 3 is 2.38 bits per heavy atom. The summed E-state index contributed by atoms with van der Waals surface area (Å²) in [6.45, 7) is 10.4. The quantitative estimate of drug-likeness (QED) is 0.686. The van der Waals surface area contributed by atoms with Crippen molar-refractivity contribution in [3.8, 4) is 0 Å². The minimum absolute atomic E-state index is 0.637. The molecule has 0 aromatic rings. The highest BCUT2D eigenvalue weighted by Crippen LogP contribution is 2.24. The highest BCUT2D eigenvalue weighted by atomic mass is 16.4. The van der Waals surface area contributed by atoms with Gasteiger partial charge in [0.05, 0.1) is 0 Å². The van der Waals surface area contributed by atoms with Gasteiger partial charge in [-0.2, -0.15) is 0 Å². The van der Waals surface area contributed by atoms with Crippen LogP contribution < -0.4 is 5.32 Å². The van der Waals surface area contributed by atoms with Crippen molar-refractivity contribution in [1.29, 1.82) is 0 Å². The second-order valence-corrected chi connectivity index (χ2v) is 6.64. The van der Waals surface area contributed by atoms with Crippen LogP contribution in [0.3, 0.4) is 0 Å². The Labute approximate surface area is 130 Å². The van der Waals surface area contributed by atoms with E-state index < -0.39 is 11.5 Å². The van der Waals surface area contributed by atoms with Crippen LogP contribution in [0.25, 0.3) is 0 Å². The lowest BCUT2D eigenvalue weighted by Crippen LogP contribution is -2.52. The molecule has 0 spiro atoms. The molecule has 0 aromatic carbocycles. The Morgan fingerprint density at radius 2 is 1.90 bits per heavy atom. The van der Waals surface area contributed by atoms with Gasteiger partial charge in [0.1, 0.15) is 5.54 Å². The molecule has 4 nitrogen and oxygen atoms in total. The Balaban J connectivity index is 2.54. The first-order valence-corrected chi connectivity index (χ1v) is 8.71. The third-order valence-electron chi connectivity index (χ3n) is 5.12. The summed E-state index contributed by atoms with van der Waals surface area (Å²) in [5.41, 5.74) is -0.738. The zero-order valence-corrected chi connectivity index (χ0v) is 14.3. The molecule has 21 heavy (non-hydrogen) atoms. The number of nitrogens with one attached hydrogen (secondary N) is 1. The monoisotopic (exact) mass is 298 g/mol. The summed E-state index contributed by atoms with van der Waals surface area (Å²) >= 11 is 0. The number of nitrogens with zero attached hydrogens (tertiary/aromatic N) is 1. The Kier molecular flexibility index (Phi) is 7.67. The number of carbonyl (C=O) groups is 1. The standard InChI is InChI=1S/C17H34N2O2/c1-5-12-18-17(6-2,16(20)21)11-8-13-19-14(3)9-7-10-15(19)4/h14-15,18H,5-13H2,1-4H3,(H,20,21). The van der Waals surface area contributed by atoms with E-state index in [4.69, 9.17) is 0 Å². The molecule has 1 aliphatic rings. The molecule has 1 heterocycles. The van der Waals surface area contributed by atoms with Crippen LogP contribution in [0.2, 0.25) is 0 Å². The van der Waals surface area contributed by atoms with Crippen molar-refractivity contribution < 1.29 is 9.90 Å². The van der Waals surface area contributed by atoms with Crippen molar-refractivity contribution in [3.05, 3.63) is 0 Å². The number of carboxylic acid groups (broad SMARTS) is 1. The van der Waals surface area contributed by atoms with Crippen LogP contribution in [0.15, 0.2) is 0 Å². The molecule has 0 saturated carbocycles. The molecule has 1 rings (SSSR count). The molecule has 3 unspecified atom stereocenters. The first kappa shape index (κ1) is 18.4. The van der Waals surface area contributed by atoms with Gasteiger partial charge in [-0.25, -0.2) is 0 Å². The van der Waals surface area contributed by atoms with Crippen molar-refractivity contribution in [2.45, 2.75) is 90.3 Å². The van der Waals surface area contributed by atoms with Gasteiger partial charge < -0.3 is 10.4 Å². The fourth-order valence-corrected chi connectivity index (χ4v) is 3.57. The van der Waals surface area contributed by atoms with Crippen LogP contribution in [0.1, 0.15) is 72.6 Å². The topological polar surface area (TPSA) is 52.6 Å². The van der Waals surface area contributed by atoms with E-state index in [1.807, 2.05) is 6.92 Å². The molecule has 3 atom stereocenters. The summed E-state index contributed by atoms with van der Waals surface area (Å²) in [7, 11) is 0. The van der Waals surface area contributed by atoms with E-state index in [0.717, 1.165) is 32.4 Å². The van der Waals surface area contributed by atoms with Gasteiger partial charge in [0.2, 0.25) is 0 Å². The second-order valence-electron chi connectivity index (χ2n) is 6.64. The van der Waals surface area contributed by atoms with Gasteiger partial charge in [-0.3, -0.25) is 9.69 Å². The summed E-state index contributed by atoms with van der Waals surface area (Å²) in [4.78, 5) is 14.3. The molecule has 0 aliphatic carbocycles. The summed E-state index contributed by atoms with van der Waals surface area (Å²) in [6, 6.07) is 1.27. The second kappa shape index (κ2) is 8.74. The summed E-state index contributed by atoms with van der Waals surface area (Å²) in [5.74, 6) is -0.696. The van der Waals surface area contributed by atoms with E-state index in [2.05, 4.69) is 31.0 Å². The summed E-state index contributed by atoms with van der Waals surface area (Å²) < 4.78 is 0. The van der Waals surface area contributed by atoms with Crippen LogP contribution >= 0.6 is 0 Å². The maximum Gasteiger partial charge on any atom is 0.323 e. The van der Waals surface area contributed by atoms with Crippen molar-refractivity contribution in [2.24, 2.45) is 0 Å². The SMILES string of the molecule is CCCNC(CC)(CCCN1C(C)CCCC1C)C(=O)O. The lowest BCUT2D eigenvalue weighted by atomic mass is 9.89. The molecule has 4 heteroatoms. The lowest BCUT2D eigenvalue weighted by Gasteiger charge is -2.40. The van der Waals surface area contributed by atoms with Gasteiger partial charge in [-0.15, -0.1) is 0 Å². The fourth-order valence-electron chi connectivity index (χ4n) is 3.57. The average Bonchev–Trinajstić information content (AvgIpc) is 2.45. The maximum atomic E-state index is 11.7. The lowest BCUT2D eigenvalue weighted by molar-refractivity contribution is -0.145. The molecular weight excluding hydrogens is 264 g/mol. The van der Waals surface area contributed by atoms with E-state index in [0.29, 0.717) is 18.5 Å². The first-order valence-electron chi connectivity index (χ1n) is 8.71. The minimum atomic E-state index is -0.738. The number of likely N-dealkylation sites (tertiary alicyclic amines) is 1. The van der Waals surface area contributed by atoms with E-state index in [9.17, 15) is 9.90 Å². The zero-order valence-electron chi connectivity index (χ0n) is 14.3. The van der Waals surface area contributed by atoms with Crippen LogP contribution in [0.4, 0.5) is 0 Å². The van der Waals surface area contributed by atoms with E-state index in [1.54, 1.807) is 0 Å². The fraction of sp³-hybridized carbons (Fsp3) is 0.941. The Bertz CT molecular complexity index is 312. The number of rotatable bonds is 9. The van der Waals surface area contributed by atoms with Crippen molar-refractivity contribution in [2.75, 3.05) is 13.1 Å².